The molecule has 0 radical (unpaired) electrons. The normalized spacial score (nSPS) is 10.0. The van der Waals surface area contributed by atoms with Crippen molar-refractivity contribution in [2.24, 2.45) is 0 Å². The minimum absolute atomic E-state index is 0.443. The Kier molecular flexibility index (Phi) is 3.96. The van der Waals surface area contributed by atoms with Gasteiger partial charge < -0.3 is 0 Å². The van der Waals surface area contributed by atoms with Gasteiger partial charge in [0.2, 0.25) is 0 Å². The number of aryl methyl sites for hydroxylation is 1. The van der Waals surface area contributed by atoms with E-state index in [2.05, 4.69) is 26.8 Å². The van der Waals surface area contributed by atoms with Crippen molar-refractivity contribution in [3.63, 3.8) is 0 Å². The number of nitrogens with zero attached hydrogens (tertiary/aromatic N) is 3. The minimum atomic E-state index is 0.443. The number of aromatic nitrogens is 3. The van der Waals surface area contributed by atoms with Gasteiger partial charge in [0.25, 0.3) is 0 Å². The van der Waals surface area contributed by atoms with Crippen LogP contribution in [0.5, 0.6) is 0 Å². The molecule has 3 heterocycles. The maximum absolute atomic E-state index is 6.15. The van der Waals surface area contributed by atoms with Crippen molar-refractivity contribution in [2.45, 2.75) is 6.92 Å². The molecule has 0 atom stereocenters. The lowest BCUT2D eigenvalue weighted by Gasteiger charge is -2.03. The van der Waals surface area contributed by atoms with E-state index in [0.29, 0.717) is 5.15 Å². The largest absolute Gasteiger partial charge is 0.264 e. The molecule has 0 aromatic carbocycles. The third-order valence-electron chi connectivity index (χ3n) is 2.77. The summed E-state index contributed by atoms with van der Waals surface area (Å²) in [6, 6.07) is 5.72. The molecule has 0 aliphatic carbocycles. The van der Waals surface area contributed by atoms with Gasteiger partial charge in [-0.3, -0.25) is 4.98 Å². The molecule has 0 aliphatic heterocycles. The Labute approximate surface area is 131 Å². The molecule has 0 spiro atoms. The molecule has 0 N–H and O–H groups in total. The fraction of sp³-hybridized carbons (Fsp3) is 0.0625. The van der Waals surface area contributed by atoms with Gasteiger partial charge in [0.15, 0.2) is 0 Å². The molecular formula is C16H10ClN3S. The van der Waals surface area contributed by atoms with Crippen molar-refractivity contribution in [2.75, 3.05) is 0 Å². The molecule has 3 aromatic rings. The van der Waals surface area contributed by atoms with Crippen molar-refractivity contribution in [3.05, 3.63) is 63.6 Å². The first kappa shape index (κ1) is 13.7. The molecule has 21 heavy (non-hydrogen) atoms. The lowest BCUT2D eigenvalue weighted by molar-refractivity contribution is 1.27. The Hall–Kier alpha value is -2.22. The minimum Gasteiger partial charge on any atom is -0.264 e. The Morgan fingerprint density at radius 3 is 2.86 bits per heavy atom. The Bertz CT molecular complexity index is 831. The summed E-state index contributed by atoms with van der Waals surface area (Å²) in [7, 11) is 0. The maximum Gasteiger partial charge on any atom is 0.136 e. The zero-order valence-electron chi connectivity index (χ0n) is 11.2. The third kappa shape index (κ3) is 3.27. The molecule has 0 fully saturated rings. The van der Waals surface area contributed by atoms with Crippen LogP contribution in [0.15, 0.2) is 42.2 Å². The van der Waals surface area contributed by atoms with E-state index in [-0.39, 0.29) is 0 Å². The molecule has 3 aromatic heterocycles. The molecule has 102 valence electrons. The van der Waals surface area contributed by atoms with Crippen LogP contribution in [0, 0.1) is 18.8 Å². The fourth-order valence-corrected chi connectivity index (χ4v) is 2.56. The number of hydrogen-bond acceptors (Lipinski definition) is 4. The lowest BCUT2D eigenvalue weighted by Crippen LogP contribution is -1.87. The standard InChI is InChI=1S/C16H10ClN3S/c1-11-20-14(10-21-11)5-4-12-7-15(16(17)19-8-12)13-3-2-6-18-9-13/h2-3,6-10H,1H3. The van der Waals surface area contributed by atoms with Gasteiger partial charge in [-0.2, -0.15) is 0 Å². The second-order valence-corrected chi connectivity index (χ2v) is 5.73. The van der Waals surface area contributed by atoms with Crippen LogP contribution in [-0.2, 0) is 0 Å². The molecule has 0 unspecified atom stereocenters. The van der Waals surface area contributed by atoms with Crippen LogP contribution in [0.1, 0.15) is 16.3 Å². The van der Waals surface area contributed by atoms with E-state index in [1.165, 1.54) is 0 Å². The molecule has 0 bridgehead atoms. The highest BCUT2D eigenvalue weighted by Crippen LogP contribution is 2.25. The third-order valence-corrected chi connectivity index (χ3v) is 3.84. The van der Waals surface area contributed by atoms with E-state index in [1.54, 1.807) is 29.9 Å². The average Bonchev–Trinajstić information content (AvgIpc) is 2.93. The first-order valence-electron chi connectivity index (χ1n) is 6.22. The summed E-state index contributed by atoms with van der Waals surface area (Å²) in [6.45, 7) is 1.96. The molecule has 5 heteroatoms. The maximum atomic E-state index is 6.15. The Balaban J connectivity index is 1.97. The van der Waals surface area contributed by atoms with Crippen molar-refractivity contribution in [3.8, 4) is 23.0 Å². The van der Waals surface area contributed by atoms with Crippen LogP contribution in [0.3, 0.4) is 0 Å². The van der Waals surface area contributed by atoms with Gasteiger partial charge >= 0.3 is 0 Å². The molecule has 0 aliphatic rings. The van der Waals surface area contributed by atoms with Crippen molar-refractivity contribution < 1.29 is 0 Å². The summed E-state index contributed by atoms with van der Waals surface area (Å²) in [6.07, 6.45) is 5.14. The van der Waals surface area contributed by atoms with Gasteiger partial charge in [-0.15, -0.1) is 11.3 Å². The predicted octanol–water partition coefficient (Wildman–Crippen LogP) is 3.96. The number of pyridine rings is 2. The highest BCUT2D eigenvalue weighted by molar-refractivity contribution is 7.09. The Morgan fingerprint density at radius 2 is 2.14 bits per heavy atom. The summed E-state index contributed by atoms with van der Waals surface area (Å²) >= 11 is 7.74. The summed E-state index contributed by atoms with van der Waals surface area (Å²) in [5.41, 5.74) is 3.31. The summed E-state index contributed by atoms with van der Waals surface area (Å²) in [4.78, 5) is 12.6. The van der Waals surface area contributed by atoms with Gasteiger partial charge in [-0.25, -0.2) is 9.97 Å². The molecule has 0 saturated carbocycles. The first-order valence-corrected chi connectivity index (χ1v) is 7.48. The second-order valence-electron chi connectivity index (χ2n) is 4.31. The summed E-state index contributed by atoms with van der Waals surface area (Å²) in [5.74, 6) is 6.09. The van der Waals surface area contributed by atoms with Crippen LogP contribution in [0.2, 0.25) is 5.15 Å². The monoisotopic (exact) mass is 311 g/mol. The smallest absolute Gasteiger partial charge is 0.136 e. The summed E-state index contributed by atoms with van der Waals surface area (Å²) in [5, 5.41) is 3.39. The zero-order chi connectivity index (χ0) is 14.7. The van der Waals surface area contributed by atoms with E-state index in [4.69, 9.17) is 11.6 Å². The van der Waals surface area contributed by atoms with Crippen molar-refractivity contribution in [1.82, 2.24) is 15.0 Å². The number of rotatable bonds is 1. The zero-order valence-corrected chi connectivity index (χ0v) is 12.7. The molecule has 0 amide bonds. The fourth-order valence-electron chi connectivity index (χ4n) is 1.80. The van der Waals surface area contributed by atoms with Crippen molar-refractivity contribution in [1.29, 1.82) is 0 Å². The van der Waals surface area contributed by atoms with Gasteiger partial charge in [-0.1, -0.05) is 23.6 Å². The Morgan fingerprint density at radius 1 is 1.24 bits per heavy atom. The van der Waals surface area contributed by atoms with E-state index < -0.39 is 0 Å². The molecular weight excluding hydrogens is 302 g/mol. The second kappa shape index (κ2) is 6.04. The number of hydrogen-bond donors (Lipinski definition) is 0. The quantitative estimate of drug-likeness (QED) is 0.504. The van der Waals surface area contributed by atoms with Crippen LogP contribution in [0.4, 0.5) is 0 Å². The SMILES string of the molecule is Cc1nc(C#Cc2cnc(Cl)c(-c3cccnc3)c2)cs1. The molecule has 3 rings (SSSR count). The van der Waals surface area contributed by atoms with Crippen LogP contribution in [-0.4, -0.2) is 15.0 Å². The lowest BCUT2D eigenvalue weighted by atomic mass is 10.1. The van der Waals surface area contributed by atoms with E-state index in [1.807, 2.05) is 30.5 Å². The van der Waals surface area contributed by atoms with Gasteiger partial charge in [0.05, 0.1) is 5.01 Å². The van der Waals surface area contributed by atoms with E-state index >= 15 is 0 Å². The average molecular weight is 312 g/mol. The van der Waals surface area contributed by atoms with Crippen LogP contribution >= 0.6 is 22.9 Å². The molecule has 0 saturated heterocycles. The van der Waals surface area contributed by atoms with Crippen LogP contribution < -0.4 is 0 Å². The van der Waals surface area contributed by atoms with Gasteiger partial charge in [-0.05, 0) is 25.0 Å². The van der Waals surface area contributed by atoms with Gasteiger partial charge in [0.1, 0.15) is 10.8 Å². The van der Waals surface area contributed by atoms with E-state index in [0.717, 1.165) is 27.4 Å². The first-order chi connectivity index (χ1) is 10.2. The van der Waals surface area contributed by atoms with Gasteiger partial charge in [0, 0.05) is 40.7 Å². The summed E-state index contributed by atoms with van der Waals surface area (Å²) < 4.78 is 0. The number of thiazole rings is 1. The highest BCUT2D eigenvalue weighted by atomic mass is 35.5. The van der Waals surface area contributed by atoms with E-state index in [9.17, 15) is 0 Å². The van der Waals surface area contributed by atoms with Crippen molar-refractivity contribution >= 4 is 22.9 Å². The number of halogens is 1. The topological polar surface area (TPSA) is 38.7 Å². The molecule has 3 nitrogen and oxygen atoms in total. The predicted molar refractivity (Wildman–Crippen MR) is 85.3 cm³/mol. The van der Waals surface area contributed by atoms with Crippen LogP contribution in [0.25, 0.3) is 11.1 Å². The highest BCUT2D eigenvalue weighted by Gasteiger charge is 2.05.